The zero-order chi connectivity index (χ0) is 7.40. The van der Waals surface area contributed by atoms with Crippen LogP contribution in [-0.4, -0.2) is 13.3 Å². The highest BCUT2D eigenvalue weighted by Gasteiger charge is 1.94. The van der Waals surface area contributed by atoms with Gasteiger partial charge in [-0.3, -0.25) is 4.79 Å². The lowest BCUT2D eigenvalue weighted by Gasteiger charge is -1.99. The number of anilines is 1. The van der Waals surface area contributed by atoms with E-state index in [1.165, 1.54) is 0 Å². The summed E-state index contributed by atoms with van der Waals surface area (Å²) in [6.07, 6.45) is 0.784. The molecule has 0 fully saturated rings. The average molecular weight is 134 g/mol. The fourth-order valence-corrected chi connectivity index (χ4v) is 0.765. The molecule has 0 aliphatic carbocycles. The first-order valence-corrected chi connectivity index (χ1v) is 3.02. The minimum absolute atomic E-state index is 0.574. The Morgan fingerprint density at radius 2 is 2.50 bits per heavy atom. The van der Waals surface area contributed by atoms with Gasteiger partial charge in [0, 0.05) is 18.3 Å². The zero-order valence-corrected chi connectivity index (χ0v) is 5.72. The summed E-state index contributed by atoms with van der Waals surface area (Å²) < 4.78 is 0. The van der Waals surface area contributed by atoms with Gasteiger partial charge in [0.15, 0.2) is 6.29 Å². The third kappa shape index (κ3) is 1.16. The molecule has 1 radical (unpaired) electrons. The predicted molar refractivity (Wildman–Crippen MR) is 40.2 cm³/mol. The van der Waals surface area contributed by atoms with E-state index in [0.29, 0.717) is 5.56 Å². The number of carbonyl (C=O) groups excluding carboxylic acids is 1. The largest absolute Gasteiger partial charge is 0.388 e. The van der Waals surface area contributed by atoms with Crippen molar-refractivity contribution in [2.45, 2.75) is 0 Å². The van der Waals surface area contributed by atoms with Crippen molar-refractivity contribution in [1.82, 2.24) is 0 Å². The van der Waals surface area contributed by atoms with Crippen molar-refractivity contribution in [3.8, 4) is 0 Å². The number of nitrogens with one attached hydrogen (secondary N) is 1. The van der Waals surface area contributed by atoms with Crippen LogP contribution in [-0.2, 0) is 0 Å². The molecule has 0 saturated carbocycles. The predicted octanol–water partition coefficient (Wildman–Crippen LogP) is 1.34. The summed E-state index contributed by atoms with van der Waals surface area (Å²) in [5.74, 6) is 0. The van der Waals surface area contributed by atoms with Gasteiger partial charge in [0.2, 0.25) is 0 Å². The number of carbonyl (C=O) groups is 1. The van der Waals surface area contributed by atoms with E-state index in [9.17, 15) is 4.79 Å². The van der Waals surface area contributed by atoms with Crippen LogP contribution in [0.1, 0.15) is 10.4 Å². The third-order valence-electron chi connectivity index (χ3n) is 1.28. The van der Waals surface area contributed by atoms with E-state index in [-0.39, 0.29) is 0 Å². The Balaban J connectivity index is 3.08. The van der Waals surface area contributed by atoms with E-state index < -0.39 is 0 Å². The molecule has 1 aromatic carbocycles. The molecule has 1 aromatic rings. The van der Waals surface area contributed by atoms with Crippen LogP contribution in [0.5, 0.6) is 0 Å². The van der Waals surface area contributed by atoms with Crippen molar-refractivity contribution < 1.29 is 4.79 Å². The van der Waals surface area contributed by atoms with Crippen LogP contribution in [0.25, 0.3) is 0 Å². The number of hydrogen-bond acceptors (Lipinski definition) is 2. The molecule has 2 nitrogen and oxygen atoms in total. The second-order valence-electron chi connectivity index (χ2n) is 1.87. The fraction of sp³-hybridized carbons (Fsp3) is 0.125. The molecule has 1 N–H and O–H groups in total. The molecule has 0 unspecified atom stereocenters. The normalized spacial score (nSPS) is 8.90. The highest BCUT2D eigenvalue weighted by atomic mass is 16.1. The van der Waals surface area contributed by atoms with E-state index in [1.807, 2.05) is 12.1 Å². The maximum Gasteiger partial charge on any atom is 0.152 e. The summed E-state index contributed by atoms with van der Waals surface area (Å²) in [5.41, 5.74) is 1.39. The monoisotopic (exact) mass is 134 g/mol. The smallest absolute Gasteiger partial charge is 0.152 e. The summed E-state index contributed by atoms with van der Waals surface area (Å²) in [5, 5.41) is 2.88. The molecule has 0 aliphatic heterocycles. The van der Waals surface area contributed by atoms with Gasteiger partial charge in [-0.15, -0.1) is 0 Å². The Labute approximate surface area is 59.9 Å². The van der Waals surface area contributed by atoms with Crippen LogP contribution in [0.15, 0.2) is 18.2 Å². The van der Waals surface area contributed by atoms with E-state index in [4.69, 9.17) is 0 Å². The van der Waals surface area contributed by atoms with Gasteiger partial charge in [0.25, 0.3) is 0 Å². The number of hydrogen-bond donors (Lipinski definition) is 1. The molecule has 0 heterocycles. The lowest BCUT2D eigenvalue weighted by Crippen LogP contribution is -1.92. The van der Waals surface area contributed by atoms with E-state index in [2.05, 4.69) is 11.4 Å². The average Bonchev–Trinajstić information content (AvgIpc) is 2.04. The van der Waals surface area contributed by atoms with Crippen LogP contribution in [0.4, 0.5) is 5.69 Å². The Kier molecular flexibility index (Phi) is 2.05. The number of benzene rings is 1. The maximum absolute atomic E-state index is 10.3. The van der Waals surface area contributed by atoms with E-state index in [1.54, 1.807) is 13.1 Å². The molecular formula is C8H8NO. The second-order valence-corrected chi connectivity index (χ2v) is 1.87. The molecule has 0 aromatic heterocycles. The quantitative estimate of drug-likeness (QED) is 0.618. The molecule has 0 spiro atoms. The minimum atomic E-state index is 0.574. The van der Waals surface area contributed by atoms with Crippen molar-refractivity contribution in [1.29, 1.82) is 0 Å². The van der Waals surface area contributed by atoms with Gasteiger partial charge in [0.05, 0.1) is 0 Å². The van der Waals surface area contributed by atoms with E-state index in [0.717, 1.165) is 12.0 Å². The molecule has 51 valence electrons. The summed E-state index contributed by atoms with van der Waals surface area (Å²) in [4.78, 5) is 10.3. The van der Waals surface area contributed by atoms with Crippen molar-refractivity contribution >= 4 is 12.0 Å². The Hall–Kier alpha value is -1.31. The molecule has 0 bridgehead atoms. The lowest BCUT2D eigenvalue weighted by atomic mass is 10.2. The first kappa shape index (κ1) is 6.81. The highest BCUT2D eigenvalue weighted by Crippen LogP contribution is 2.09. The molecule has 0 atom stereocenters. The van der Waals surface area contributed by atoms with Crippen LogP contribution in [0.2, 0.25) is 0 Å². The van der Waals surface area contributed by atoms with Crippen LogP contribution in [0.3, 0.4) is 0 Å². The topological polar surface area (TPSA) is 29.1 Å². The first-order valence-electron chi connectivity index (χ1n) is 3.02. The van der Waals surface area contributed by atoms with Gasteiger partial charge in [-0.1, -0.05) is 12.1 Å². The van der Waals surface area contributed by atoms with Gasteiger partial charge < -0.3 is 5.32 Å². The van der Waals surface area contributed by atoms with Gasteiger partial charge in [-0.05, 0) is 12.1 Å². The van der Waals surface area contributed by atoms with Gasteiger partial charge >= 0.3 is 0 Å². The van der Waals surface area contributed by atoms with Crippen molar-refractivity contribution in [3.05, 3.63) is 29.8 Å². The van der Waals surface area contributed by atoms with Crippen LogP contribution >= 0.6 is 0 Å². The Morgan fingerprint density at radius 3 is 3.00 bits per heavy atom. The summed E-state index contributed by atoms with van der Waals surface area (Å²) in [7, 11) is 1.77. The Morgan fingerprint density at radius 1 is 1.70 bits per heavy atom. The summed E-state index contributed by atoms with van der Waals surface area (Å²) >= 11 is 0. The highest BCUT2D eigenvalue weighted by molar-refractivity contribution is 5.83. The molecule has 1 rings (SSSR count). The lowest BCUT2D eigenvalue weighted by molar-refractivity contribution is 0.112. The zero-order valence-electron chi connectivity index (χ0n) is 5.72. The van der Waals surface area contributed by atoms with Crippen LogP contribution in [0, 0.1) is 6.07 Å². The SMILES string of the molecule is CNc1ccc[c]c1C=O. The molecule has 2 heteroatoms. The standard InChI is InChI=1S/C8H8NO/c1-9-8-5-3-2-4-7(8)6-10/h2-3,5-6,9H,1H3. The third-order valence-corrected chi connectivity index (χ3v) is 1.28. The maximum atomic E-state index is 10.3. The molecule has 0 aliphatic rings. The number of rotatable bonds is 2. The van der Waals surface area contributed by atoms with Crippen molar-refractivity contribution in [2.75, 3.05) is 12.4 Å². The fourth-order valence-electron chi connectivity index (χ4n) is 0.765. The summed E-state index contributed by atoms with van der Waals surface area (Å²) in [6.45, 7) is 0. The number of aldehydes is 1. The molecular weight excluding hydrogens is 126 g/mol. The minimum Gasteiger partial charge on any atom is -0.388 e. The van der Waals surface area contributed by atoms with Crippen molar-refractivity contribution in [3.63, 3.8) is 0 Å². The van der Waals surface area contributed by atoms with Gasteiger partial charge in [0.1, 0.15) is 0 Å². The van der Waals surface area contributed by atoms with Gasteiger partial charge in [-0.25, -0.2) is 0 Å². The summed E-state index contributed by atoms with van der Waals surface area (Å²) in [6, 6.07) is 8.19. The Bertz CT molecular complexity index is 232. The first-order chi connectivity index (χ1) is 4.88. The van der Waals surface area contributed by atoms with Crippen LogP contribution < -0.4 is 5.32 Å². The van der Waals surface area contributed by atoms with Crippen molar-refractivity contribution in [2.24, 2.45) is 0 Å². The molecule has 10 heavy (non-hydrogen) atoms. The van der Waals surface area contributed by atoms with E-state index >= 15 is 0 Å². The second kappa shape index (κ2) is 3.01. The van der Waals surface area contributed by atoms with Gasteiger partial charge in [-0.2, -0.15) is 0 Å². The molecule has 0 saturated heterocycles. The molecule has 0 amide bonds.